The van der Waals surface area contributed by atoms with Gasteiger partial charge in [-0.25, -0.2) is 4.98 Å². The molecule has 1 saturated carbocycles. The summed E-state index contributed by atoms with van der Waals surface area (Å²) >= 11 is 0. The van der Waals surface area contributed by atoms with E-state index in [1.165, 1.54) is 37.7 Å². The van der Waals surface area contributed by atoms with E-state index in [0.717, 1.165) is 18.3 Å². The molecule has 0 bridgehead atoms. The molecule has 1 N–H and O–H groups in total. The Morgan fingerprint density at radius 3 is 2.68 bits per heavy atom. The molecule has 106 valence electrons. The number of nitrogens with zero attached hydrogens (tertiary/aromatic N) is 2. The molecule has 0 radical (unpaired) electrons. The Labute approximate surface area is 117 Å². The molecule has 3 heteroatoms. The number of hydrogen-bond acceptors (Lipinski definition) is 3. The fraction of sp³-hybridized carbons (Fsp3) is 0.688. The topological polar surface area (TPSA) is 28.2 Å². The minimum Gasteiger partial charge on any atom is -0.357 e. The van der Waals surface area contributed by atoms with Crippen molar-refractivity contribution in [2.24, 2.45) is 5.92 Å². The van der Waals surface area contributed by atoms with Gasteiger partial charge >= 0.3 is 0 Å². The molecule has 1 aliphatic carbocycles. The summed E-state index contributed by atoms with van der Waals surface area (Å²) in [6.45, 7) is 3.23. The highest BCUT2D eigenvalue weighted by molar-refractivity contribution is 5.41. The first-order valence-corrected chi connectivity index (χ1v) is 7.57. The summed E-state index contributed by atoms with van der Waals surface area (Å²) < 4.78 is 0. The zero-order chi connectivity index (χ0) is 13.7. The Morgan fingerprint density at radius 1 is 1.32 bits per heavy atom. The van der Waals surface area contributed by atoms with Gasteiger partial charge in [-0.2, -0.15) is 0 Å². The highest BCUT2D eigenvalue weighted by atomic mass is 15.2. The first kappa shape index (κ1) is 14.3. The smallest absolute Gasteiger partial charge is 0.128 e. The van der Waals surface area contributed by atoms with Crippen LogP contribution >= 0.6 is 0 Å². The molecule has 0 atom stereocenters. The van der Waals surface area contributed by atoms with Crippen molar-refractivity contribution in [2.45, 2.75) is 51.6 Å². The van der Waals surface area contributed by atoms with Gasteiger partial charge in [0, 0.05) is 25.8 Å². The van der Waals surface area contributed by atoms with Crippen molar-refractivity contribution in [1.82, 2.24) is 10.3 Å². The van der Waals surface area contributed by atoms with Gasteiger partial charge in [0.25, 0.3) is 0 Å². The van der Waals surface area contributed by atoms with Gasteiger partial charge in [-0.15, -0.1) is 0 Å². The maximum atomic E-state index is 4.53. The standard InChI is InChI=1S/C16H27N3/c1-4-13-5-7-15(8-6-13)19(3)16-11-14(12-17-2)9-10-18-16/h9-11,13,15,17H,4-8,12H2,1-3H3. The molecule has 0 spiro atoms. The molecule has 3 nitrogen and oxygen atoms in total. The fourth-order valence-electron chi connectivity index (χ4n) is 3.10. The zero-order valence-electron chi connectivity index (χ0n) is 12.5. The SMILES string of the molecule is CCC1CCC(N(C)c2cc(CNC)ccn2)CC1. The third kappa shape index (κ3) is 3.69. The summed E-state index contributed by atoms with van der Waals surface area (Å²) in [5.41, 5.74) is 1.31. The predicted octanol–water partition coefficient (Wildman–Crippen LogP) is 3.21. The van der Waals surface area contributed by atoms with Crippen LogP contribution in [-0.2, 0) is 6.54 Å². The molecule has 2 rings (SSSR count). The van der Waals surface area contributed by atoms with Crippen LogP contribution in [0.1, 0.15) is 44.6 Å². The highest BCUT2D eigenvalue weighted by Crippen LogP contribution is 2.30. The van der Waals surface area contributed by atoms with Gasteiger partial charge in [0.2, 0.25) is 0 Å². The summed E-state index contributed by atoms with van der Waals surface area (Å²) in [4.78, 5) is 6.91. The average Bonchev–Trinajstić information content (AvgIpc) is 2.47. The lowest BCUT2D eigenvalue weighted by Gasteiger charge is -2.35. The second-order valence-corrected chi connectivity index (χ2v) is 5.75. The van der Waals surface area contributed by atoms with Crippen LogP contribution in [0.5, 0.6) is 0 Å². The molecule has 19 heavy (non-hydrogen) atoms. The summed E-state index contributed by atoms with van der Waals surface area (Å²) in [6, 6.07) is 4.96. The van der Waals surface area contributed by atoms with E-state index in [1.54, 1.807) is 0 Å². The van der Waals surface area contributed by atoms with Crippen LogP contribution in [0, 0.1) is 5.92 Å². The van der Waals surface area contributed by atoms with E-state index in [1.807, 2.05) is 13.2 Å². The van der Waals surface area contributed by atoms with Gasteiger partial charge < -0.3 is 10.2 Å². The second kappa shape index (κ2) is 6.90. The molecular weight excluding hydrogens is 234 g/mol. The van der Waals surface area contributed by atoms with Gasteiger partial charge in [0.05, 0.1) is 0 Å². The molecule has 1 aliphatic rings. The Bertz CT molecular complexity index is 383. The number of anilines is 1. The maximum absolute atomic E-state index is 4.53. The lowest BCUT2D eigenvalue weighted by molar-refractivity contribution is 0.313. The Morgan fingerprint density at radius 2 is 2.05 bits per heavy atom. The zero-order valence-corrected chi connectivity index (χ0v) is 12.5. The molecule has 0 aliphatic heterocycles. The van der Waals surface area contributed by atoms with E-state index >= 15 is 0 Å². The highest BCUT2D eigenvalue weighted by Gasteiger charge is 2.23. The van der Waals surface area contributed by atoms with Crippen LogP contribution in [-0.4, -0.2) is 25.1 Å². The van der Waals surface area contributed by atoms with Gasteiger partial charge in [0.1, 0.15) is 5.82 Å². The van der Waals surface area contributed by atoms with E-state index in [2.05, 4.69) is 41.3 Å². The molecule has 1 heterocycles. The van der Waals surface area contributed by atoms with Crippen LogP contribution < -0.4 is 10.2 Å². The minimum absolute atomic E-state index is 0.667. The van der Waals surface area contributed by atoms with Gasteiger partial charge in [0.15, 0.2) is 0 Å². The van der Waals surface area contributed by atoms with E-state index in [9.17, 15) is 0 Å². The van der Waals surface area contributed by atoms with E-state index in [-0.39, 0.29) is 0 Å². The molecule has 1 aromatic rings. The first-order chi connectivity index (χ1) is 9.24. The van der Waals surface area contributed by atoms with E-state index in [4.69, 9.17) is 0 Å². The molecule has 0 amide bonds. The number of rotatable bonds is 5. The van der Waals surface area contributed by atoms with Crippen LogP contribution in [0.3, 0.4) is 0 Å². The lowest BCUT2D eigenvalue weighted by Crippen LogP contribution is -2.35. The normalized spacial score (nSPS) is 23.3. The third-order valence-electron chi connectivity index (χ3n) is 4.49. The lowest BCUT2D eigenvalue weighted by atomic mass is 9.84. The molecule has 1 aromatic heterocycles. The summed E-state index contributed by atoms with van der Waals surface area (Å²) in [5.74, 6) is 2.07. The Hall–Kier alpha value is -1.09. The molecular formula is C16H27N3. The first-order valence-electron chi connectivity index (χ1n) is 7.57. The fourth-order valence-corrected chi connectivity index (χ4v) is 3.10. The monoisotopic (exact) mass is 261 g/mol. The van der Waals surface area contributed by atoms with Crippen LogP contribution in [0.15, 0.2) is 18.3 Å². The van der Waals surface area contributed by atoms with Crippen LogP contribution in [0.4, 0.5) is 5.82 Å². The minimum atomic E-state index is 0.667. The van der Waals surface area contributed by atoms with Gasteiger partial charge in [-0.05, 0) is 56.3 Å². The quantitative estimate of drug-likeness (QED) is 0.882. The Kier molecular flexibility index (Phi) is 5.20. The van der Waals surface area contributed by atoms with E-state index < -0.39 is 0 Å². The molecule has 0 saturated heterocycles. The Balaban J connectivity index is 1.99. The van der Waals surface area contributed by atoms with E-state index in [0.29, 0.717) is 6.04 Å². The van der Waals surface area contributed by atoms with Crippen molar-refractivity contribution in [2.75, 3.05) is 19.0 Å². The number of pyridine rings is 1. The largest absolute Gasteiger partial charge is 0.357 e. The van der Waals surface area contributed by atoms with Crippen molar-refractivity contribution >= 4 is 5.82 Å². The number of nitrogens with one attached hydrogen (secondary N) is 1. The summed E-state index contributed by atoms with van der Waals surface area (Å²) in [7, 11) is 4.18. The summed E-state index contributed by atoms with van der Waals surface area (Å²) in [6.07, 6.45) is 8.64. The van der Waals surface area contributed by atoms with Crippen molar-refractivity contribution in [3.05, 3.63) is 23.9 Å². The number of aromatic nitrogens is 1. The average molecular weight is 261 g/mol. The van der Waals surface area contributed by atoms with Crippen molar-refractivity contribution in [3.63, 3.8) is 0 Å². The van der Waals surface area contributed by atoms with Gasteiger partial charge in [-0.3, -0.25) is 0 Å². The van der Waals surface area contributed by atoms with Crippen molar-refractivity contribution < 1.29 is 0 Å². The number of hydrogen-bond donors (Lipinski definition) is 1. The second-order valence-electron chi connectivity index (χ2n) is 5.75. The molecule has 1 fully saturated rings. The molecule has 0 unspecified atom stereocenters. The molecule has 0 aromatic carbocycles. The maximum Gasteiger partial charge on any atom is 0.128 e. The summed E-state index contributed by atoms with van der Waals surface area (Å²) in [5, 5.41) is 3.20. The van der Waals surface area contributed by atoms with Crippen LogP contribution in [0.2, 0.25) is 0 Å². The van der Waals surface area contributed by atoms with Gasteiger partial charge in [-0.1, -0.05) is 13.3 Å². The van der Waals surface area contributed by atoms with Crippen LogP contribution in [0.25, 0.3) is 0 Å². The van der Waals surface area contributed by atoms with Crippen molar-refractivity contribution in [1.29, 1.82) is 0 Å². The third-order valence-corrected chi connectivity index (χ3v) is 4.49. The van der Waals surface area contributed by atoms with Crippen molar-refractivity contribution in [3.8, 4) is 0 Å². The predicted molar refractivity (Wildman–Crippen MR) is 81.4 cm³/mol.